The Hall–Kier alpha value is -2.41. The van der Waals surface area contributed by atoms with E-state index in [-0.39, 0.29) is 24.3 Å². The van der Waals surface area contributed by atoms with Crippen LogP contribution in [-0.2, 0) is 12.0 Å². The van der Waals surface area contributed by atoms with E-state index in [1.54, 1.807) is 13.8 Å². The Morgan fingerprint density at radius 2 is 1.88 bits per heavy atom. The predicted molar refractivity (Wildman–Crippen MR) is 95.0 cm³/mol. The quantitative estimate of drug-likeness (QED) is 0.640. The van der Waals surface area contributed by atoms with Crippen molar-refractivity contribution in [2.45, 2.75) is 52.7 Å². The summed E-state index contributed by atoms with van der Waals surface area (Å²) in [7, 11) is 0. The third kappa shape index (κ3) is 4.57. The topological polar surface area (TPSA) is 90.4 Å². The van der Waals surface area contributed by atoms with Crippen LogP contribution in [0.1, 0.15) is 37.7 Å². The van der Waals surface area contributed by atoms with E-state index in [0.29, 0.717) is 17.1 Å². The second kappa shape index (κ2) is 7.23. The van der Waals surface area contributed by atoms with E-state index in [1.165, 1.54) is 10.2 Å². The Bertz CT molecular complexity index is 745. The molecule has 0 spiro atoms. The maximum absolute atomic E-state index is 11.0. The average molecular weight is 347 g/mol. The molecular formula is C18H25N3O4. The number of nitro groups is 1. The number of ether oxygens (including phenoxy) is 1. The lowest BCUT2D eigenvalue weighted by Gasteiger charge is -2.19. The van der Waals surface area contributed by atoms with Crippen LogP contribution >= 0.6 is 0 Å². The highest BCUT2D eigenvalue weighted by Crippen LogP contribution is 2.25. The number of rotatable bonds is 6. The highest BCUT2D eigenvalue weighted by Gasteiger charge is 2.23. The number of hydrogen-bond donors (Lipinski definition) is 1. The highest BCUT2D eigenvalue weighted by molar-refractivity contribution is 5.39. The molecule has 0 amide bonds. The Morgan fingerprint density at radius 1 is 1.28 bits per heavy atom. The molecule has 0 bridgehead atoms. The van der Waals surface area contributed by atoms with Crippen LogP contribution in [-0.4, -0.2) is 32.5 Å². The smallest absolute Gasteiger partial charge is 0.312 e. The number of aromatic nitrogens is 2. The lowest BCUT2D eigenvalue weighted by atomic mass is 9.87. The molecule has 0 aliphatic carbocycles. The summed E-state index contributed by atoms with van der Waals surface area (Å²) in [5.74, 6) is 0.673. The summed E-state index contributed by atoms with van der Waals surface area (Å²) in [4.78, 5) is 10.6. The minimum absolute atomic E-state index is 0.00844. The van der Waals surface area contributed by atoms with Crippen molar-refractivity contribution in [2.75, 3.05) is 6.61 Å². The van der Waals surface area contributed by atoms with Gasteiger partial charge in [0.1, 0.15) is 29.8 Å². The van der Waals surface area contributed by atoms with E-state index in [9.17, 15) is 15.2 Å². The van der Waals surface area contributed by atoms with Crippen molar-refractivity contribution in [2.24, 2.45) is 0 Å². The Balaban J connectivity index is 1.96. The van der Waals surface area contributed by atoms with Crippen molar-refractivity contribution < 1.29 is 14.8 Å². The number of aliphatic hydroxyl groups is 1. The molecule has 1 atom stereocenters. The molecule has 2 aromatic rings. The van der Waals surface area contributed by atoms with Gasteiger partial charge in [-0.3, -0.25) is 14.8 Å². The summed E-state index contributed by atoms with van der Waals surface area (Å²) in [6.45, 7) is 9.85. The SMILES string of the molecule is Cc1nn(C[C@H](O)COc2ccc(C(C)(C)C)cc2)c(C)c1[N+](=O)[O-]. The molecule has 7 nitrogen and oxygen atoms in total. The molecule has 0 saturated carbocycles. The Labute approximate surface area is 147 Å². The van der Waals surface area contributed by atoms with Gasteiger partial charge >= 0.3 is 5.69 Å². The van der Waals surface area contributed by atoms with Crippen LogP contribution < -0.4 is 4.74 Å². The molecule has 136 valence electrons. The normalized spacial score (nSPS) is 12.9. The number of nitrogens with zero attached hydrogens (tertiary/aromatic N) is 3. The zero-order valence-electron chi connectivity index (χ0n) is 15.3. The second-order valence-corrected chi connectivity index (χ2v) is 7.20. The molecule has 0 aliphatic heterocycles. The van der Waals surface area contributed by atoms with Crippen molar-refractivity contribution >= 4 is 5.69 Å². The summed E-state index contributed by atoms with van der Waals surface area (Å²) in [6, 6.07) is 7.76. The summed E-state index contributed by atoms with van der Waals surface area (Å²) in [6.07, 6.45) is -0.820. The number of aliphatic hydroxyl groups excluding tert-OH is 1. The van der Waals surface area contributed by atoms with Crippen molar-refractivity contribution in [3.63, 3.8) is 0 Å². The average Bonchev–Trinajstić information content (AvgIpc) is 2.79. The zero-order valence-corrected chi connectivity index (χ0v) is 15.3. The van der Waals surface area contributed by atoms with Crippen LogP contribution in [0.3, 0.4) is 0 Å². The first-order chi connectivity index (χ1) is 11.6. The van der Waals surface area contributed by atoms with Gasteiger partial charge in [0.15, 0.2) is 0 Å². The third-order valence-electron chi connectivity index (χ3n) is 4.07. The van der Waals surface area contributed by atoms with Gasteiger partial charge in [-0.15, -0.1) is 0 Å². The fourth-order valence-electron chi connectivity index (χ4n) is 2.63. The standard InChI is InChI=1S/C18H25N3O4/c1-12-17(21(23)24)13(2)20(19-12)10-15(22)11-25-16-8-6-14(7-9-16)18(3,4)5/h6-9,15,22H,10-11H2,1-5H3/t15-/m0/s1. The monoisotopic (exact) mass is 347 g/mol. The van der Waals surface area contributed by atoms with E-state index in [4.69, 9.17) is 4.74 Å². The van der Waals surface area contributed by atoms with Crippen LogP contribution in [0.15, 0.2) is 24.3 Å². The summed E-state index contributed by atoms with van der Waals surface area (Å²) in [5.41, 5.74) is 2.04. The number of benzene rings is 1. The summed E-state index contributed by atoms with van der Waals surface area (Å²) < 4.78 is 7.06. The summed E-state index contributed by atoms with van der Waals surface area (Å²) >= 11 is 0. The van der Waals surface area contributed by atoms with Gasteiger partial charge in [-0.2, -0.15) is 5.10 Å². The lowest BCUT2D eigenvalue weighted by molar-refractivity contribution is -0.386. The van der Waals surface area contributed by atoms with E-state index < -0.39 is 11.0 Å². The van der Waals surface area contributed by atoms with E-state index in [2.05, 4.69) is 25.9 Å². The van der Waals surface area contributed by atoms with Gasteiger partial charge < -0.3 is 9.84 Å². The van der Waals surface area contributed by atoms with Crippen LogP contribution in [0.2, 0.25) is 0 Å². The van der Waals surface area contributed by atoms with Crippen LogP contribution in [0.5, 0.6) is 5.75 Å². The van der Waals surface area contributed by atoms with Gasteiger partial charge in [-0.1, -0.05) is 32.9 Å². The number of aryl methyl sites for hydroxylation is 1. The van der Waals surface area contributed by atoms with E-state index in [1.807, 2.05) is 24.3 Å². The van der Waals surface area contributed by atoms with Crippen molar-refractivity contribution in [3.8, 4) is 5.75 Å². The zero-order chi connectivity index (χ0) is 18.8. The molecule has 1 aromatic carbocycles. The van der Waals surface area contributed by atoms with Crippen LogP contribution in [0.4, 0.5) is 5.69 Å². The Kier molecular flexibility index (Phi) is 5.47. The Morgan fingerprint density at radius 3 is 2.36 bits per heavy atom. The first kappa shape index (κ1) is 18.9. The van der Waals surface area contributed by atoms with E-state index >= 15 is 0 Å². The fraction of sp³-hybridized carbons (Fsp3) is 0.500. The van der Waals surface area contributed by atoms with Gasteiger partial charge in [0.25, 0.3) is 0 Å². The van der Waals surface area contributed by atoms with Crippen LogP contribution in [0, 0.1) is 24.0 Å². The van der Waals surface area contributed by atoms with Crippen molar-refractivity contribution in [3.05, 3.63) is 51.3 Å². The maximum Gasteiger partial charge on any atom is 0.312 e. The largest absolute Gasteiger partial charge is 0.491 e. The maximum atomic E-state index is 11.0. The molecular weight excluding hydrogens is 322 g/mol. The fourth-order valence-corrected chi connectivity index (χ4v) is 2.63. The highest BCUT2D eigenvalue weighted by atomic mass is 16.6. The minimum atomic E-state index is -0.820. The first-order valence-corrected chi connectivity index (χ1v) is 8.19. The van der Waals surface area contributed by atoms with E-state index in [0.717, 1.165) is 0 Å². The minimum Gasteiger partial charge on any atom is -0.491 e. The molecule has 25 heavy (non-hydrogen) atoms. The lowest BCUT2D eigenvalue weighted by Crippen LogP contribution is -2.24. The first-order valence-electron chi connectivity index (χ1n) is 8.19. The summed E-state index contributed by atoms with van der Waals surface area (Å²) in [5, 5.41) is 25.3. The third-order valence-corrected chi connectivity index (χ3v) is 4.07. The van der Waals surface area contributed by atoms with Crippen molar-refractivity contribution in [1.82, 2.24) is 9.78 Å². The molecule has 0 unspecified atom stereocenters. The molecule has 0 aliphatic rings. The predicted octanol–water partition coefficient (Wildman–Crippen LogP) is 3.15. The molecule has 1 aromatic heterocycles. The van der Waals surface area contributed by atoms with Gasteiger partial charge in [-0.05, 0) is 37.0 Å². The van der Waals surface area contributed by atoms with Gasteiger partial charge in [0, 0.05) is 0 Å². The van der Waals surface area contributed by atoms with Gasteiger partial charge in [-0.25, -0.2) is 0 Å². The van der Waals surface area contributed by atoms with Gasteiger partial charge in [0.05, 0.1) is 11.5 Å². The molecule has 1 N–H and O–H groups in total. The molecule has 2 rings (SSSR count). The van der Waals surface area contributed by atoms with Gasteiger partial charge in [0.2, 0.25) is 0 Å². The molecule has 7 heteroatoms. The molecule has 0 radical (unpaired) electrons. The second-order valence-electron chi connectivity index (χ2n) is 7.20. The van der Waals surface area contributed by atoms with Crippen molar-refractivity contribution in [1.29, 1.82) is 0 Å². The van der Waals surface area contributed by atoms with Crippen LogP contribution in [0.25, 0.3) is 0 Å². The molecule has 1 heterocycles. The molecule has 0 saturated heterocycles. The molecule has 0 fully saturated rings. The number of hydrogen-bond acceptors (Lipinski definition) is 5.